The Kier molecular flexibility index (Phi) is 4.77. The zero-order valence-corrected chi connectivity index (χ0v) is 12.1. The van der Waals surface area contributed by atoms with E-state index in [0.717, 1.165) is 31.6 Å². The van der Waals surface area contributed by atoms with Gasteiger partial charge in [-0.1, -0.05) is 13.0 Å². The van der Waals surface area contributed by atoms with Crippen molar-refractivity contribution in [2.24, 2.45) is 11.8 Å². The Labute approximate surface area is 123 Å². The van der Waals surface area contributed by atoms with E-state index in [1.807, 2.05) is 13.0 Å². The summed E-state index contributed by atoms with van der Waals surface area (Å²) in [5.41, 5.74) is 0.935. The summed E-state index contributed by atoms with van der Waals surface area (Å²) in [6.07, 6.45) is 2.17. The number of nitro groups is 1. The Balaban J connectivity index is 2.08. The molecule has 0 radical (unpaired) electrons. The first-order chi connectivity index (χ1) is 9.97. The predicted molar refractivity (Wildman–Crippen MR) is 79.5 cm³/mol. The van der Waals surface area contributed by atoms with E-state index in [-0.39, 0.29) is 18.0 Å². The number of rotatable bonds is 5. The van der Waals surface area contributed by atoms with Crippen LogP contribution in [0.1, 0.15) is 26.2 Å². The second-order valence-electron chi connectivity index (χ2n) is 5.70. The lowest BCUT2D eigenvalue weighted by molar-refractivity contribution is -0.384. The number of anilines is 1. The number of hydrogen-bond donors (Lipinski definition) is 1. The van der Waals surface area contributed by atoms with Crippen LogP contribution in [0.3, 0.4) is 0 Å². The lowest BCUT2D eigenvalue weighted by Gasteiger charge is -2.36. The number of carboxylic acid groups (broad SMARTS) is 1. The van der Waals surface area contributed by atoms with E-state index in [9.17, 15) is 14.9 Å². The van der Waals surface area contributed by atoms with Gasteiger partial charge in [0.05, 0.1) is 4.92 Å². The van der Waals surface area contributed by atoms with Crippen LogP contribution in [0.2, 0.25) is 0 Å². The molecular weight excluding hydrogens is 272 g/mol. The molecule has 6 heteroatoms. The van der Waals surface area contributed by atoms with Crippen LogP contribution in [0, 0.1) is 22.0 Å². The van der Waals surface area contributed by atoms with Crippen LogP contribution in [-0.4, -0.2) is 29.1 Å². The molecule has 1 aromatic carbocycles. The first-order valence-electron chi connectivity index (χ1n) is 7.18. The number of aliphatic carboxylic acids is 1. The van der Waals surface area contributed by atoms with Crippen LogP contribution in [0.5, 0.6) is 0 Å². The molecule has 2 atom stereocenters. The Morgan fingerprint density at radius 1 is 1.57 bits per heavy atom. The van der Waals surface area contributed by atoms with E-state index in [2.05, 4.69) is 4.90 Å². The van der Waals surface area contributed by atoms with Crippen molar-refractivity contribution in [3.05, 3.63) is 34.4 Å². The number of carboxylic acids is 1. The van der Waals surface area contributed by atoms with E-state index < -0.39 is 10.9 Å². The molecule has 2 rings (SSSR count). The van der Waals surface area contributed by atoms with Crippen LogP contribution >= 0.6 is 0 Å². The summed E-state index contributed by atoms with van der Waals surface area (Å²) in [5.74, 6) is -0.340. The Morgan fingerprint density at radius 3 is 3.00 bits per heavy atom. The molecule has 0 bridgehead atoms. The topological polar surface area (TPSA) is 83.7 Å². The van der Waals surface area contributed by atoms with Crippen molar-refractivity contribution in [1.29, 1.82) is 0 Å². The molecule has 1 aliphatic rings. The molecule has 1 heterocycles. The summed E-state index contributed by atoms with van der Waals surface area (Å²) in [7, 11) is 0. The molecule has 0 amide bonds. The molecule has 1 saturated heterocycles. The Hall–Kier alpha value is -2.11. The zero-order chi connectivity index (χ0) is 15.4. The van der Waals surface area contributed by atoms with E-state index in [0.29, 0.717) is 5.92 Å². The van der Waals surface area contributed by atoms with Gasteiger partial charge >= 0.3 is 5.97 Å². The van der Waals surface area contributed by atoms with Gasteiger partial charge in [0, 0.05) is 37.3 Å². The Bertz CT molecular complexity index is 532. The van der Waals surface area contributed by atoms with Gasteiger partial charge in [0.2, 0.25) is 0 Å². The highest BCUT2D eigenvalue weighted by Crippen LogP contribution is 2.30. The fourth-order valence-corrected chi connectivity index (χ4v) is 2.95. The molecule has 6 nitrogen and oxygen atoms in total. The maximum absolute atomic E-state index is 10.9. The maximum atomic E-state index is 10.9. The SMILES string of the molecule is CC(CC(=O)O)C1CCCN(c2cccc([N+](=O)[O-])c2)C1. The highest BCUT2D eigenvalue weighted by atomic mass is 16.6. The van der Waals surface area contributed by atoms with E-state index >= 15 is 0 Å². The lowest BCUT2D eigenvalue weighted by Crippen LogP contribution is -2.38. The van der Waals surface area contributed by atoms with Crippen molar-refractivity contribution in [3.63, 3.8) is 0 Å². The van der Waals surface area contributed by atoms with Crippen molar-refractivity contribution in [2.45, 2.75) is 26.2 Å². The van der Waals surface area contributed by atoms with Crippen LogP contribution in [0.15, 0.2) is 24.3 Å². The van der Waals surface area contributed by atoms with Crippen LogP contribution in [0.4, 0.5) is 11.4 Å². The van der Waals surface area contributed by atoms with Crippen LogP contribution < -0.4 is 4.90 Å². The number of non-ortho nitro benzene ring substituents is 1. The average molecular weight is 292 g/mol. The second kappa shape index (κ2) is 6.56. The van der Waals surface area contributed by atoms with Crippen molar-refractivity contribution >= 4 is 17.3 Å². The van der Waals surface area contributed by atoms with Crippen molar-refractivity contribution in [1.82, 2.24) is 0 Å². The maximum Gasteiger partial charge on any atom is 0.303 e. The minimum atomic E-state index is -0.769. The molecule has 1 aromatic rings. The van der Waals surface area contributed by atoms with E-state index in [1.165, 1.54) is 6.07 Å². The summed E-state index contributed by atoms with van der Waals surface area (Å²) >= 11 is 0. The normalized spacial score (nSPS) is 20.0. The minimum Gasteiger partial charge on any atom is -0.481 e. The quantitative estimate of drug-likeness (QED) is 0.666. The molecule has 21 heavy (non-hydrogen) atoms. The van der Waals surface area contributed by atoms with Crippen molar-refractivity contribution in [2.75, 3.05) is 18.0 Å². The van der Waals surface area contributed by atoms with Gasteiger partial charge in [0.15, 0.2) is 0 Å². The van der Waals surface area contributed by atoms with Gasteiger partial charge in [-0.05, 0) is 30.7 Å². The zero-order valence-electron chi connectivity index (χ0n) is 12.1. The monoisotopic (exact) mass is 292 g/mol. The summed E-state index contributed by atoms with van der Waals surface area (Å²) < 4.78 is 0. The molecule has 2 unspecified atom stereocenters. The first-order valence-corrected chi connectivity index (χ1v) is 7.18. The number of hydrogen-bond acceptors (Lipinski definition) is 4. The smallest absolute Gasteiger partial charge is 0.303 e. The van der Waals surface area contributed by atoms with Crippen LogP contribution in [-0.2, 0) is 4.79 Å². The average Bonchev–Trinajstić information content (AvgIpc) is 2.47. The number of nitrogens with zero attached hydrogens (tertiary/aromatic N) is 2. The third kappa shape index (κ3) is 3.93. The summed E-state index contributed by atoms with van der Waals surface area (Å²) in [6.45, 7) is 3.59. The molecule has 0 spiro atoms. The number of benzene rings is 1. The van der Waals surface area contributed by atoms with Gasteiger partial charge < -0.3 is 10.0 Å². The molecule has 0 aliphatic carbocycles. The van der Waals surface area contributed by atoms with Crippen LogP contribution in [0.25, 0.3) is 0 Å². The number of piperidine rings is 1. The molecule has 0 aromatic heterocycles. The highest BCUT2D eigenvalue weighted by molar-refractivity contribution is 5.67. The van der Waals surface area contributed by atoms with Crippen molar-refractivity contribution in [3.8, 4) is 0 Å². The van der Waals surface area contributed by atoms with Gasteiger partial charge in [0.1, 0.15) is 0 Å². The van der Waals surface area contributed by atoms with Gasteiger partial charge in [-0.25, -0.2) is 0 Å². The predicted octanol–water partition coefficient (Wildman–Crippen LogP) is 2.92. The minimum absolute atomic E-state index is 0.0909. The van der Waals surface area contributed by atoms with Gasteiger partial charge in [-0.15, -0.1) is 0 Å². The third-order valence-corrected chi connectivity index (χ3v) is 4.16. The molecule has 1 fully saturated rings. The summed E-state index contributed by atoms with van der Waals surface area (Å²) in [6, 6.07) is 6.64. The molecule has 0 saturated carbocycles. The molecule has 1 aliphatic heterocycles. The number of nitro benzene ring substituents is 1. The van der Waals surface area contributed by atoms with Gasteiger partial charge in [-0.2, -0.15) is 0 Å². The standard InChI is InChI=1S/C15H20N2O4/c1-11(8-15(18)19)12-4-3-7-16(10-12)13-5-2-6-14(9-13)17(20)21/h2,5-6,9,11-12H,3-4,7-8,10H2,1H3,(H,18,19). The summed E-state index contributed by atoms with van der Waals surface area (Å²) in [5, 5.41) is 19.8. The summed E-state index contributed by atoms with van der Waals surface area (Å²) in [4.78, 5) is 23.4. The molecular formula is C15H20N2O4. The molecule has 1 N–H and O–H groups in total. The van der Waals surface area contributed by atoms with Crippen molar-refractivity contribution < 1.29 is 14.8 Å². The first kappa shape index (κ1) is 15.3. The Morgan fingerprint density at radius 2 is 2.33 bits per heavy atom. The lowest BCUT2D eigenvalue weighted by atomic mass is 9.84. The highest BCUT2D eigenvalue weighted by Gasteiger charge is 2.26. The van der Waals surface area contributed by atoms with Gasteiger partial charge in [0.25, 0.3) is 5.69 Å². The van der Waals surface area contributed by atoms with E-state index in [1.54, 1.807) is 12.1 Å². The number of carbonyl (C=O) groups is 1. The second-order valence-corrected chi connectivity index (χ2v) is 5.70. The third-order valence-electron chi connectivity index (χ3n) is 4.16. The largest absolute Gasteiger partial charge is 0.481 e. The molecule has 114 valence electrons. The van der Waals surface area contributed by atoms with E-state index in [4.69, 9.17) is 5.11 Å². The fraction of sp³-hybridized carbons (Fsp3) is 0.533. The fourth-order valence-electron chi connectivity index (χ4n) is 2.95. The van der Waals surface area contributed by atoms with Gasteiger partial charge in [-0.3, -0.25) is 14.9 Å².